The number of rotatable bonds is 5. The Kier molecular flexibility index (Phi) is 6.05. The van der Waals surface area contributed by atoms with E-state index in [4.69, 9.17) is 4.74 Å². The predicted molar refractivity (Wildman–Crippen MR) is 107 cm³/mol. The fourth-order valence-electron chi connectivity index (χ4n) is 2.56. The number of aryl methyl sites for hydroxylation is 1. The second-order valence-corrected chi connectivity index (χ2v) is 6.22. The standard InChI is InChI=1S/C20H18F3N5O2/c1-12-3-4-14(9-16(12)20(21,22)23)28-19(29)27-13-5-7-15(8-6-13)30-18-10-17(24-2)25-11-26-18/h3-11H,1-2H3,(H,24,25,26)(H2,27,28,29). The number of hydrogen-bond acceptors (Lipinski definition) is 5. The minimum absolute atomic E-state index is 0.0366. The summed E-state index contributed by atoms with van der Waals surface area (Å²) in [6.45, 7) is 1.36. The van der Waals surface area contributed by atoms with Crippen LogP contribution in [0.25, 0.3) is 0 Å². The first-order chi connectivity index (χ1) is 14.2. The molecule has 0 fully saturated rings. The number of benzene rings is 2. The van der Waals surface area contributed by atoms with E-state index in [0.29, 0.717) is 23.1 Å². The Balaban J connectivity index is 1.62. The van der Waals surface area contributed by atoms with Crippen molar-refractivity contribution in [2.75, 3.05) is 23.0 Å². The molecule has 1 heterocycles. The van der Waals surface area contributed by atoms with Gasteiger partial charge in [-0.1, -0.05) is 6.07 Å². The quantitative estimate of drug-likeness (QED) is 0.526. The molecule has 2 aromatic carbocycles. The number of nitrogens with one attached hydrogen (secondary N) is 3. The average Bonchev–Trinajstić information content (AvgIpc) is 2.70. The van der Waals surface area contributed by atoms with Crippen LogP contribution >= 0.6 is 0 Å². The minimum atomic E-state index is -4.49. The lowest BCUT2D eigenvalue weighted by atomic mass is 10.1. The van der Waals surface area contributed by atoms with Crippen molar-refractivity contribution in [2.45, 2.75) is 13.1 Å². The van der Waals surface area contributed by atoms with E-state index >= 15 is 0 Å². The Bertz CT molecular complexity index is 1040. The lowest BCUT2D eigenvalue weighted by Gasteiger charge is -2.13. The van der Waals surface area contributed by atoms with Gasteiger partial charge in [0.15, 0.2) is 0 Å². The van der Waals surface area contributed by atoms with Gasteiger partial charge in [0.25, 0.3) is 0 Å². The van der Waals surface area contributed by atoms with Crippen LogP contribution in [0, 0.1) is 6.92 Å². The number of carbonyl (C=O) groups excluding carboxylic acids is 1. The molecule has 0 bridgehead atoms. The maximum Gasteiger partial charge on any atom is 0.416 e. The van der Waals surface area contributed by atoms with Crippen molar-refractivity contribution in [3.05, 3.63) is 66.0 Å². The Labute approximate surface area is 170 Å². The van der Waals surface area contributed by atoms with E-state index in [1.54, 1.807) is 37.4 Å². The highest BCUT2D eigenvalue weighted by Gasteiger charge is 2.32. The number of anilines is 3. The average molecular weight is 417 g/mol. The molecule has 2 amide bonds. The topological polar surface area (TPSA) is 88.2 Å². The molecule has 3 aromatic rings. The van der Waals surface area contributed by atoms with Crippen LogP contribution in [-0.4, -0.2) is 23.0 Å². The molecule has 0 aliphatic rings. The summed E-state index contributed by atoms with van der Waals surface area (Å²) >= 11 is 0. The van der Waals surface area contributed by atoms with Gasteiger partial charge in [0, 0.05) is 24.5 Å². The molecule has 10 heteroatoms. The van der Waals surface area contributed by atoms with E-state index in [-0.39, 0.29) is 11.3 Å². The lowest BCUT2D eigenvalue weighted by Crippen LogP contribution is -2.20. The largest absolute Gasteiger partial charge is 0.439 e. The van der Waals surface area contributed by atoms with Gasteiger partial charge in [-0.3, -0.25) is 0 Å². The molecule has 3 N–H and O–H groups in total. The molecular formula is C20H18F3N5O2. The summed E-state index contributed by atoms with van der Waals surface area (Å²) in [7, 11) is 1.72. The monoisotopic (exact) mass is 417 g/mol. The lowest BCUT2D eigenvalue weighted by molar-refractivity contribution is -0.138. The van der Waals surface area contributed by atoms with Gasteiger partial charge in [0.2, 0.25) is 5.88 Å². The van der Waals surface area contributed by atoms with Crippen molar-refractivity contribution in [3.8, 4) is 11.6 Å². The maximum atomic E-state index is 13.0. The predicted octanol–water partition coefficient (Wildman–Crippen LogP) is 5.28. The molecule has 0 spiro atoms. The number of alkyl halides is 3. The van der Waals surface area contributed by atoms with E-state index in [1.807, 2.05) is 0 Å². The van der Waals surface area contributed by atoms with E-state index in [9.17, 15) is 18.0 Å². The zero-order valence-corrected chi connectivity index (χ0v) is 16.0. The van der Waals surface area contributed by atoms with Crippen LogP contribution in [0.2, 0.25) is 0 Å². The number of halogens is 3. The molecule has 0 radical (unpaired) electrons. The summed E-state index contributed by atoms with van der Waals surface area (Å²) in [4.78, 5) is 20.1. The van der Waals surface area contributed by atoms with Crippen molar-refractivity contribution in [2.24, 2.45) is 0 Å². The normalized spacial score (nSPS) is 11.0. The van der Waals surface area contributed by atoms with Crippen molar-refractivity contribution in [3.63, 3.8) is 0 Å². The van der Waals surface area contributed by atoms with Gasteiger partial charge >= 0.3 is 12.2 Å². The molecule has 0 aliphatic heterocycles. The molecule has 0 aliphatic carbocycles. The van der Waals surface area contributed by atoms with Crippen LogP contribution in [-0.2, 0) is 6.18 Å². The van der Waals surface area contributed by atoms with Gasteiger partial charge in [-0.05, 0) is 48.9 Å². The maximum absolute atomic E-state index is 13.0. The highest BCUT2D eigenvalue weighted by Crippen LogP contribution is 2.33. The number of urea groups is 1. The smallest absolute Gasteiger partial charge is 0.416 e. The first kappa shape index (κ1) is 20.9. The number of nitrogens with zero attached hydrogens (tertiary/aromatic N) is 2. The van der Waals surface area contributed by atoms with Gasteiger partial charge in [-0.25, -0.2) is 14.8 Å². The Morgan fingerprint density at radius 2 is 1.63 bits per heavy atom. The molecule has 0 unspecified atom stereocenters. The van der Waals surface area contributed by atoms with Crippen molar-refractivity contribution in [1.82, 2.24) is 9.97 Å². The number of ether oxygens (including phenoxy) is 1. The number of carbonyl (C=O) groups is 1. The summed E-state index contributed by atoms with van der Waals surface area (Å²) < 4.78 is 44.6. The molecule has 3 rings (SSSR count). The summed E-state index contributed by atoms with van der Waals surface area (Å²) in [5.41, 5.74) is -0.251. The highest BCUT2D eigenvalue weighted by molar-refractivity contribution is 5.99. The summed E-state index contributed by atoms with van der Waals surface area (Å²) in [5.74, 6) is 1.42. The number of amides is 2. The molecule has 0 saturated carbocycles. The van der Waals surface area contributed by atoms with E-state index in [1.165, 1.54) is 25.4 Å². The first-order valence-electron chi connectivity index (χ1n) is 8.78. The van der Waals surface area contributed by atoms with Crippen LogP contribution in [0.3, 0.4) is 0 Å². The van der Waals surface area contributed by atoms with E-state index in [0.717, 1.165) is 6.07 Å². The number of aromatic nitrogens is 2. The van der Waals surface area contributed by atoms with E-state index in [2.05, 4.69) is 25.9 Å². The molecule has 7 nitrogen and oxygen atoms in total. The second kappa shape index (κ2) is 8.68. The Morgan fingerprint density at radius 1 is 0.967 bits per heavy atom. The minimum Gasteiger partial charge on any atom is -0.439 e. The van der Waals surface area contributed by atoms with Gasteiger partial charge in [-0.2, -0.15) is 13.2 Å². The van der Waals surface area contributed by atoms with Gasteiger partial charge in [0.05, 0.1) is 5.56 Å². The van der Waals surface area contributed by atoms with Crippen LogP contribution in [0.5, 0.6) is 11.6 Å². The summed E-state index contributed by atoms with van der Waals surface area (Å²) in [6, 6.07) is 11.0. The van der Waals surface area contributed by atoms with Crippen LogP contribution < -0.4 is 20.7 Å². The third-order valence-electron chi connectivity index (χ3n) is 4.03. The van der Waals surface area contributed by atoms with Crippen molar-refractivity contribution < 1.29 is 22.7 Å². The zero-order chi connectivity index (χ0) is 21.7. The third kappa shape index (κ3) is 5.37. The molecular weight excluding hydrogens is 399 g/mol. The van der Waals surface area contributed by atoms with Gasteiger partial charge in [-0.15, -0.1) is 0 Å². The van der Waals surface area contributed by atoms with Crippen molar-refractivity contribution >= 4 is 23.2 Å². The highest BCUT2D eigenvalue weighted by atomic mass is 19.4. The molecule has 1 aromatic heterocycles. The summed E-state index contributed by atoms with van der Waals surface area (Å²) in [6.07, 6.45) is -3.14. The van der Waals surface area contributed by atoms with Gasteiger partial charge in [0.1, 0.15) is 17.9 Å². The number of hydrogen-bond donors (Lipinski definition) is 3. The fourth-order valence-corrected chi connectivity index (χ4v) is 2.56. The van der Waals surface area contributed by atoms with Crippen LogP contribution in [0.4, 0.5) is 35.2 Å². The fraction of sp³-hybridized carbons (Fsp3) is 0.150. The zero-order valence-electron chi connectivity index (χ0n) is 16.0. The first-order valence-corrected chi connectivity index (χ1v) is 8.78. The molecule has 30 heavy (non-hydrogen) atoms. The van der Waals surface area contributed by atoms with Gasteiger partial charge < -0.3 is 20.7 Å². The van der Waals surface area contributed by atoms with E-state index < -0.39 is 17.8 Å². The second-order valence-electron chi connectivity index (χ2n) is 6.22. The molecule has 0 atom stereocenters. The SMILES string of the molecule is CNc1cc(Oc2ccc(NC(=O)Nc3ccc(C)c(C(F)(F)F)c3)cc2)ncn1. The Hall–Kier alpha value is -3.82. The van der Waals surface area contributed by atoms with Crippen LogP contribution in [0.1, 0.15) is 11.1 Å². The molecule has 156 valence electrons. The van der Waals surface area contributed by atoms with Crippen molar-refractivity contribution in [1.29, 1.82) is 0 Å². The third-order valence-corrected chi connectivity index (χ3v) is 4.03. The Morgan fingerprint density at radius 3 is 2.30 bits per heavy atom. The van der Waals surface area contributed by atoms with Crippen LogP contribution in [0.15, 0.2) is 54.9 Å². The summed E-state index contributed by atoms with van der Waals surface area (Å²) in [5, 5.41) is 7.81. The molecule has 0 saturated heterocycles.